The maximum absolute atomic E-state index is 13.9. The molecule has 0 spiro atoms. The van der Waals surface area contributed by atoms with Crippen molar-refractivity contribution in [1.29, 1.82) is 0 Å². The Bertz CT molecular complexity index is 464. The number of hydrogen-bond acceptors (Lipinski definition) is 5. The largest absolute Gasteiger partial charge is 0.375 e. The van der Waals surface area contributed by atoms with E-state index in [1.54, 1.807) is 0 Å². The van der Waals surface area contributed by atoms with Crippen LogP contribution in [0.4, 0.5) is 8.78 Å². The summed E-state index contributed by atoms with van der Waals surface area (Å²) in [7, 11) is 0. The maximum atomic E-state index is 13.9. The highest BCUT2D eigenvalue weighted by Gasteiger charge is 2.37. The zero-order chi connectivity index (χ0) is 21.0. The van der Waals surface area contributed by atoms with Crippen molar-refractivity contribution in [3.63, 3.8) is 0 Å². The number of hydrogen-bond donors (Lipinski definition) is 0. The molecular weight excluding hydrogens is 368 g/mol. The molecule has 7 heteroatoms. The Morgan fingerprint density at radius 3 is 2.04 bits per heavy atom. The molecule has 0 aromatic rings. The minimum Gasteiger partial charge on any atom is -0.375 e. The lowest BCUT2D eigenvalue weighted by Crippen LogP contribution is -2.59. The highest BCUT2D eigenvalue weighted by atomic mass is 19.3. The van der Waals surface area contributed by atoms with Crippen LogP contribution in [-0.4, -0.2) is 79.8 Å². The van der Waals surface area contributed by atoms with Crippen molar-refractivity contribution in [3.05, 3.63) is 0 Å². The summed E-state index contributed by atoms with van der Waals surface area (Å²) >= 11 is 0. The van der Waals surface area contributed by atoms with Crippen LogP contribution in [0.25, 0.3) is 0 Å². The van der Waals surface area contributed by atoms with E-state index < -0.39 is 19.1 Å². The smallest absolute Gasteiger partial charge is 0.293 e. The predicted molar refractivity (Wildman–Crippen MR) is 105 cm³/mol. The van der Waals surface area contributed by atoms with E-state index in [-0.39, 0.29) is 36.1 Å². The first-order valence-corrected chi connectivity index (χ1v) is 10.5. The molecule has 1 saturated carbocycles. The summed E-state index contributed by atoms with van der Waals surface area (Å²) in [6.45, 7) is 14.0. The summed E-state index contributed by atoms with van der Waals surface area (Å²) < 4.78 is 49.7. The molecule has 1 aliphatic carbocycles. The Balaban J connectivity index is 1.44. The summed E-state index contributed by atoms with van der Waals surface area (Å²) in [6, 6.07) is 0. The molecule has 2 fully saturated rings. The van der Waals surface area contributed by atoms with Gasteiger partial charge in [-0.3, -0.25) is 4.90 Å². The second kappa shape index (κ2) is 9.65. The SMILES string of the molecule is CC(C)(C)OC1CC(OCC(F)(F)COCCCOC2CN(C(C)(C)C)C2)C1. The third kappa shape index (κ3) is 8.57. The Hall–Kier alpha value is -0.340. The molecule has 2 rings (SSSR count). The molecule has 0 bridgehead atoms. The predicted octanol–water partition coefficient (Wildman–Crippen LogP) is 3.89. The van der Waals surface area contributed by atoms with Gasteiger partial charge in [-0.2, -0.15) is 0 Å². The van der Waals surface area contributed by atoms with Gasteiger partial charge < -0.3 is 18.9 Å². The molecule has 5 nitrogen and oxygen atoms in total. The van der Waals surface area contributed by atoms with Gasteiger partial charge in [-0.05, 0) is 60.8 Å². The number of alkyl halides is 2. The quantitative estimate of drug-likeness (QED) is 0.486. The van der Waals surface area contributed by atoms with E-state index in [2.05, 4.69) is 25.7 Å². The average molecular weight is 408 g/mol. The fourth-order valence-corrected chi connectivity index (χ4v) is 3.25. The van der Waals surface area contributed by atoms with Crippen molar-refractivity contribution in [1.82, 2.24) is 4.90 Å². The highest BCUT2D eigenvalue weighted by Crippen LogP contribution is 2.31. The zero-order valence-electron chi connectivity index (χ0n) is 18.4. The number of nitrogens with zero attached hydrogens (tertiary/aromatic N) is 1. The maximum Gasteiger partial charge on any atom is 0.293 e. The standard InChI is InChI=1S/C21H39F2NO4/c1-19(2,3)24-12-18(13-24)26-9-7-8-25-14-21(22,23)15-27-16-10-17(11-16)28-20(4,5)6/h16-18H,7-15H2,1-6H3. The van der Waals surface area contributed by atoms with Crippen molar-refractivity contribution in [2.75, 3.05) is 39.5 Å². The van der Waals surface area contributed by atoms with Gasteiger partial charge in [0.05, 0.1) is 23.9 Å². The molecule has 0 aromatic carbocycles. The molecular formula is C21H39F2NO4. The lowest BCUT2D eigenvalue weighted by atomic mass is 9.91. The normalized spacial score (nSPS) is 24.9. The van der Waals surface area contributed by atoms with Gasteiger partial charge in [0.15, 0.2) is 0 Å². The van der Waals surface area contributed by atoms with Gasteiger partial charge in [-0.1, -0.05) is 0 Å². The van der Waals surface area contributed by atoms with Crippen LogP contribution >= 0.6 is 0 Å². The third-order valence-corrected chi connectivity index (χ3v) is 5.00. The van der Waals surface area contributed by atoms with Crippen LogP contribution in [0.15, 0.2) is 0 Å². The minimum absolute atomic E-state index is 0.112. The van der Waals surface area contributed by atoms with Crippen LogP contribution in [0.2, 0.25) is 0 Å². The second-order valence-electron chi connectivity index (χ2n) is 10.1. The summed E-state index contributed by atoms with van der Waals surface area (Å²) in [5, 5.41) is 0. The molecule has 0 aromatic heterocycles. The molecule has 2 aliphatic rings. The van der Waals surface area contributed by atoms with Crippen molar-refractivity contribution in [3.8, 4) is 0 Å². The van der Waals surface area contributed by atoms with Gasteiger partial charge in [-0.15, -0.1) is 0 Å². The van der Waals surface area contributed by atoms with Crippen molar-refractivity contribution in [2.45, 2.75) is 96.2 Å². The first kappa shape index (κ1) is 23.9. The van der Waals surface area contributed by atoms with Gasteiger partial charge in [0.25, 0.3) is 5.92 Å². The summed E-state index contributed by atoms with van der Waals surface area (Å²) in [6.07, 6.45) is 2.21. The van der Waals surface area contributed by atoms with E-state index in [1.165, 1.54) is 0 Å². The monoisotopic (exact) mass is 407 g/mol. The van der Waals surface area contributed by atoms with Gasteiger partial charge >= 0.3 is 0 Å². The van der Waals surface area contributed by atoms with E-state index in [4.69, 9.17) is 18.9 Å². The molecule has 0 amide bonds. The molecule has 1 aliphatic heterocycles. The summed E-state index contributed by atoms with van der Waals surface area (Å²) in [4.78, 5) is 2.36. The van der Waals surface area contributed by atoms with E-state index in [9.17, 15) is 8.78 Å². The molecule has 0 radical (unpaired) electrons. The Morgan fingerprint density at radius 2 is 1.46 bits per heavy atom. The molecule has 0 unspecified atom stereocenters. The van der Waals surface area contributed by atoms with E-state index in [0.717, 1.165) is 13.1 Å². The van der Waals surface area contributed by atoms with Crippen molar-refractivity contribution < 1.29 is 27.7 Å². The Labute approximate surface area is 169 Å². The van der Waals surface area contributed by atoms with Crippen LogP contribution in [0, 0.1) is 0 Å². The molecule has 1 heterocycles. The molecule has 1 saturated heterocycles. The minimum atomic E-state index is -2.96. The molecule has 166 valence electrons. The Kier molecular flexibility index (Phi) is 8.25. The van der Waals surface area contributed by atoms with Crippen LogP contribution < -0.4 is 0 Å². The molecule has 0 N–H and O–H groups in total. The van der Waals surface area contributed by atoms with E-state index in [0.29, 0.717) is 25.9 Å². The first-order valence-electron chi connectivity index (χ1n) is 10.5. The van der Waals surface area contributed by atoms with Gasteiger partial charge in [0, 0.05) is 31.8 Å². The summed E-state index contributed by atoms with van der Waals surface area (Å²) in [5.74, 6) is -2.96. The number of likely N-dealkylation sites (tertiary alicyclic amines) is 1. The topological polar surface area (TPSA) is 40.2 Å². The second-order valence-corrected chi connectivity index (χ2v) is 10.1. The van der Waals surface area contributed by atoms with Crippen LogP contribution in [0.3, 0.4) is 0 Å². The van der Waals surface area contributed by atoms with Crippen molar-refractivity contribution in [2.24, 2.45) is 0 Å². The lowest BCUT2D eigenvalue weighted by molar-refractivity contribution is -0.185. The van der Waals surface area contributed by atoms with Crippen LogP contribution in [0.5, 0.6) is 0 Å². The number of ether oxygens (including phenoxy) is 4. The van der Waals surface area contributed by atoms with E-state index >= 15 is 0 Å². The van der Waals surface area contributed by atoms with Gasteiger partial charge in [-0.25, -0.2) is 8.78 Å². The summed E-state index contributed by atoms with van der Waals surface area (Å²) in [5.41, 5.74) is -0.0294. The van der Waals surface area contributed by atoms with Gasteiger partial charge in [0.2, 0.25) is 0 Å². The lowest BCUT2D eigenvalue weighted by Gasteiger charge is -2.47. The molecule has 0 atom stereocenters. The number of halogens is 2. The third-order valence-electron chi connectivity index (χ3n) is 5.00. The Morgan fingerprint density at radius 1 is 0.821 bits per heavy atom. The first-order chi connectivity index (χ1) is 12.8. The average Bonchev–Trinajstić information content (AvgIpc) is 2.43. The highest BCUT2D eigenvalue weighted by molar-refractivity contribution is 4.89. The van der Waals surface area contributed by atoms with E-state index in [1.807, 2.05) is 20.8 Å². The number of rotatable bonds is 11. The fourth-order valence-electron chi connectivity index (χ4n) is 3.25. The van der Waals surface area contributed by atoms with Gasteiger partial charge in [0.1, 0.15) is 13.2 Å². The fraction of sp³-hybridized carbons (Fsp3) is 1.00. The molecule has 28 heavy (non-hydrogen) atoms. The van der Waals surface area contributed by atoms with Crippen LogP contribution in [0.1, 0.15) is 60.8 Å². The van der Waals surface area contributed by atoms with Crippen LogP contribution in [-0.2, 0) is 18.9 Å². The zero-order valence-corrected chi connectivity index (χ0v) is 18.4. The van der Waals surface area contributed by atoms with Crippen molar-refractivity contribution >= 4 is 0 Å².